The van der Waals surface area contributed by atoms with Gasteiger partial charge in [-0.25, -0.2) is 4.98 Å². The highest BCUT2D eigenvalue weighted by molar-refractivity contribution is 5.94. The maximum Gasteiger partial charge on any atom is 0.253 e. The van der Waals surface area contributed by atoms with Crippen molar-refractivity contribution in [2.24, 2.45) is 0 Å². The minimum atomic E-state index is -0.118. The molecule has 0 radical (unpaired) electrons. The van der Waals surface area contributed by atoms with Crippen molar-refractivity contribution in [3.8, 4) is 0 Å². The first-order valence-corrected chi connectivity index (χ1v) is 7.55. The number of hydrogen-bond donors (Lipinski definition) is 1. The van der Waals surface area contributed by atoms with E-state index in [1.807, 2.05) is 31.3 Å². The number of unbranched alkanes of at least 4 members (excludes halogenated alkanes) is 1. The second kappa shape index (κ2) is 8.12. The Hall–Kier alpha value is -2.43. The quantitative estimate of drug-likeness (QED) is 0.853. The molecule has 0 unspecified atom stereocenters. The Morgan fingerprint density at radius 3 is 2.64 bits per heavy atom. The maximum absolute atomic E-state index is 12.1. The van der Waals surface area contributed by atoms with Crippen LogP contribution < -0.4 is 10.2 Å². The lowest BCUT2D eigenvalue weighted by molar-refractivity contribution is 0.0950. The number of rotatable bonds is 7. The summed E-state index contributed by atoms with van der Waals surface area (Å²) in [6.45, 7) is 3.62. The molecule has 0 fully saturated rings. The van der Waals surface area contributed by atoms with Crippen LogP contribution in [0.25, 0.3) is 0 Å². The number of amides is 1. The van der Waals surface area contributed by atoms with Crippen molar-refractivity contribution in [1.82, 2.24) is 15.3 Å². The first kappa shape index (κ1) is 15.9. The van der Waals surface area contributed by atoms with Crippen LogP contribution in [-0.4, -0.2) is 29.5 Å². The van der Waals surface area contributed by atoms with Crippen LogP contribution in [-0.2, 0) is 6.54 Å². The first-order chi connectivity index (χ1) is 10.7. The van der Waals surface area contributed by atoms with E-state index in [1.165, 1.54) is 0 Å². The summed E-state index contributed by atoms with van der Waals surface area (Å²) in [6.07, 6.45) is 7.33. The van der Waals surface area contributed by atoms with E-state index in [-0.39, 0.29) is 5.91 Å². The van der Waals surface area contributed by atoms with Gasteiger partial charge in [0.15, 0.2) is 0 Å². The molecule has 5 nitrogen and oxygen atoms in total. The number of carbonyl (C=O) groups is 1. The average molecular weight is 298 g/mol. The van der Waals surface area contributed by atoms with Crippen LogP contribution >= 0.6 is 0 Å². The van der Waals surface area contributed by atoms with Crippen molar-refractivity contribution in [3.63, 3.8) is 0 Å². The molecule has 2 heterocycles. The standard InChI is InChI=1S/C17H22N4O/c1-3-4-11-21(2)16-6-5-15(13-19-16)17(22)20-12-14-7-9-18-10-8-14/h5-10,13H,3-4,11-12H2,1-2H3,(H,20,22). The Bertz CT molecular complexity index is 583. The predicted molar refractivity (Wildman–Crippen MR) is 87.8 cm³/mol. The second-order valence-corrected chi connectivity index (χ2v) is 5.22. The van der Waals surface area contributed by atoms with E-state index in [0.29, 0.717) is 12.1 Å². The van der Waals surface area contributed by atoms with Gasteiger partial charge in [-0.2, -0.15) is 0 Å². The monoisotopic (exact) mass is 298 g/mol. The molecule has 0 aromatic carbocycles. The molecule has 0 saturated carbocycles. The van der Waals surface area contributed by atoms with Crippen molar-refractivity contribution in [2.75, 3.05) is 18.5 Å². The van der Waals surface area contributed by atoms with Crippen LogP contribution in [0.15, 0.2) is 42.9 Å². The summed E-state index contributed by atoms with van der Waals surface area (Å²) < 4.78 is 0. The van der Waals surface area contributed by atoms with Crippen LogP contribution in [0.1, 0.15) is 35.7 Å². The lowest BCUT2D eigenvalue weighted by Crippen LogP contribution is -2.24. The number of anilines is 1. The van der Waals surface area contributed by atoms with Gasteiger partial charge in [0, 0.05) is 38.7 Å². The van der Waals surface area contributed by atoms with E-state index in [1.54, 1.807) is 18.6 Å². The van der Waals surface area contributed by atoms with Gasteiger partial charge in [0.25, 0.3) is 5.91 Å². The van der Waals surface area contributed by atoms with Gasteiger partial charge in [-0.3, -0.25) is 9.78 Å². The Morgan fingerprint density at radius 1 is 1.23 bits per heavy atom. The van der Waals surface area contributed by atoms with Crippen molar-refractivity contribution in [2.45, 2.75) is 26.3 Å². The van der Waals surface area contributed by atoms with E-state index < -0.39 is 0 Å². The van der Waals surface area contributed by atoms with E-state index in [2.05, 4.69) is 27.1 Å². The highest BCUT2D eigenvalue weighted by atomic mass is 16.1. The van der Waals surface area contributed by atoms with Gasteiger partial charge in [-0.15, -0.1) is 0 Å². The number of pyridine rings is 2. The molecule has 0 spiro atoms. The zero-order valence-electron chi connectivity index (χ0n) is 13.1. The fourth-order valence-electron chi connectivity index (χ4n) is 2.04. The van der Waals surface area contributed by atoms with Gasteiger partial charge >= 0.3 is 0 Å². The fourth-order valence-corrected chi connectivity index (χ4v) is 2.04. The smallest absolute Gasteiger partial charge is 0.253 e. The van der Waals surface area contributed by atoms with Crippen molar-refractivity contribution < 1.29 is 4.79 Å². The summed E-state index contributed by atoms with van der Waals surface area (Å²) in [7, 11) is 2.02. The highest BCUT2D eigenvalue weighted by Gasteiger charge is 2.07. The van der Waals surface area contributed by atoms with Crippen molar-refractivity contribution in [1.29, 1.82) is 0 Å². The molecule has 2 rings (SSSR count). The molecule has 2 aromatic rings. The van der Waals surface area contributed by atoms with Crippen LogP contribution in [0, 0.1) is 0 Å². The molecular weight excluding hydrogens is 276 g/mol. The molecule has 22 heavy (non-hydrogen) atoms. The third kappa shape index (κ3) is 4.55. The molecule has 0 saturated heterocycles. The maximum atomic E-state index is 12.1. The van der Waals surface area contributed by atoms with E-state index in [9.17, 15) is 4.79 Å². The van der Waals surface area contributed by atoms with Crippen LogP contribution in [0.4, 0.5) is 5.82 Å². The summed E-state index contributed by atoms with van der Waals surface area (Å²) in [5.74, 6) is 0.770. The minimum absolute atomic E-state index is 0.118. The third-order valence-electron chi connectivity index (χ3n) is 3.45. The Labute approximate surface area is 131 Å². The Morgan fingerprint density at radius 2 is 2.00 bits per heavy atom. The summed E-state index contributed by atoms with van der Waals surface area (Å²) >= 11 is 0. The van der Waals surface area contributed by atoms with Crippen LogP contribution in [0.5, 0.6) is 0 Å². The molecule has 0 aliphatic heterocycles. The number of nitrogens with zero attached hydrogens (tertiary/aromatic N) is 3. The lowest BCUT2D eigenvalue weighted by Gasteiger charge is -2.17. The molecule has 0 bridgehead atoms. The van der Waals surface area contributed by atoms with Crippen molar-refractivity contribution in [3.05, 3.63) is 54.0 Å². The molecule has 116 valence electrons. The van der Waals surface area contributed by atoms with Crippen LogP contribution in [0.3, 0.4) is 0 Å². The molecule has 0 atom stereocenters. The largest absolute Gasteiger partial charge is 0.360 e. The number of carbonyl (C=O) groups excluding carboxylic acids is 1. The molecule has 0 aliphatic rings. The van der Waals surface area contributed by atoms with E-state index >= 15 is 0 Å². The van der Waals surface area contributed by atoms with Crippen molar-refractivity contribution >= 4 is 11.7 Å². The summed E-state index contributed by atoms with van der Waals surface area (Å²) in [5.41, 5.74) is 1.59. The van der Waals surface area contributed by atoms with Gasteiger partial charge < -0.3 is 10.2 Å². The topological polar surface area (TPSA) is 58.1 Å². The molecule has 0 aliphatic carbocycles. The summed E-state index contributed by atoms with van der Waals surface area (Å²) in [4.78, 5) is 22.5. The van der Waals surface area contributed by atoms with Gasteiger partial charge in [0.05, 0.1) is 5.56 Å². The highest BCUT2D eigenvalue weighted by Crippen LogP contribution is 2.10. The number of aromatic nitrogens is 2. The average Bonchev–Trinajstić information content (AvgIpc) is 2.58. The molecule has 1 amide bonds. The van der Waals surface area contributed by atoms with Gasteiger partial charge in [-0.05, 0) is 36.2 Å². The second-order valence-electron chi connectivity index (χ2n) is 5.22. The summed E-state index contributed by atoms with van der Waals surface area (Å²) in [5, 5.41) is 2.88. The zero-order valence-corrected chi connectivity index (χ0v) is 13.1. The molecule has 5 heteroatoms. The van der Waals surface area contributed by atoms with Crippen LogP contribution in [0.2, 0.25) is 0 Å². The fraction of sp³-hybridized carbons (Fsp3) is 0.353. The number of hydrogen-bond acceptors (Lipinski definition) is 4. The Balaban J connectivity index is 1.90. The minimum Gasteiger partial charge on any atom is -0.360 e. The zero-order chi connectivity index (χ0) is 15.8. The predicted octanol–water partition coefficient (Wildman–Crippen LogP) is 2.64. The molecular formula is C17H22N4O. The lowest BCUT2D eigenvalue weighted by atomic mass is 10.2. The van der Waals surface area contributed by atoms with Gasteiger partial charge in [0.1, 0.15) is 5.82 Å². The van der Waals surface area contributed by atoms with E-state index in [0.717, 1.165) is 30.8 Å². The molecule has 1 N–H and O–H groups in total. The van der Waals surface area contributed by atoms with Gasteiger partial charge in [0.2, 0.25) is 0 Å². The SMILES string of the molecule is CCCCN(C)c1ccc(C(=O)NCc2ccncc2)cn1. The number of nitrogens with one attached hydrogen (secondary N) is 1. The molecule has 2 aromatic heterocycles. The van der Waals surface area contributed by atoms with E-state index in [4.69, 9.17) is 0 Å². The van der Waals surface area contributed by atoms with Gasteiger partial charge in [-0.1, -0.05) is 13.3 Å². The first-order valence-electron chi connectivity index (χ1n) is 7.55. The normalized spacial score (nSPS) is 10.3. The third-order valence-corrected chi connectivity index (χ3v) is 3.45. The Kier molecular flexibility index (Phi) is 5.89. The summed E-state index contributed by atoms with van der Waals surface area (Å²) in [6, 6.07) is 7.46.